The van der Waals surface area contributed by atoms with Crippen molar-refractivity contribution in [1.29, 1.82) is 0 Å². The fourth-order valence-corrected chi connectivity index (χ4v) is 1.25. The van der Waals surface area contributed by atoms with Gasteiger partial charge in [-0.3, -0.25) is 4.79 Å². The van der Waals surface area contributed by atoms with Gasteiger partial charge in [-0.2, -0.15) is 0 Å². The van der Waals surface area contributed by atoms with E-state index in [0.717, 1.165) is 12.1 Å². The molecule has 1 amide bonds. The van der Waals surface area contributed by atoms with Crippen LogP contribution in [0.15, 0.2) is 18.2 Å². The number of carbonyl (C=O) groups is 1. The van der Waals surface area contributed by atoms with Crippen molar-refractivity contribution in [2.75, 3.05) is 6.54 Å². The third-order valence-corrected chi connectivity index (χ3v) is 2.15. The summed E-state index contributed by atoms with van der Waals surface area (Å²) in [6.45, 7) is 0.0916. The second-order valence-corrected chi connectivity index (χ2v) is 3.29. The lowest BCUT2D eigenvalue weighted by molar-refractivity contribution is -0.121. The van der Waals surface area contributed by atoms with E-state index in [1.165, 1.54) is 6.07 Å². The number of benzene rings is 1. The summed E-state index contributed by atoms with van der Waals surface area (Å²) in [6, 6.07) is 3.46. The van der Waals surface area contributed by atoms with Crippen LogP contribution in [-0.2, 0) is 11.2 Å². The summed E-state index contributed by atoms with van der Waals surface area (Å²) in [4.78, 5) is 10.9. The molecule has 3 nitrogen and oxygen atoms in total. The molecule has 1 aromatic rings. The first-order chi connectivity index (χ1) is 7.04. The smallest absolute Gasteiger partial charge is 0.222 e. The van der Waals surface area contributed by atoms with Crippen molar-refractivity contribution in [3.63, 3.8) is 0 Å². The third-order valence-electron chi connectivity index (χ3n) is 2.15. The van der Waals surface area contributed by atoms with Gasteiger partial charge in [0.15, 0.2) is 11.6 Å². The number of carbonyl (C=O) groups excluding carboxylic acids is 1. The summed E-state index contributed by atoms with van der Waals surface area (Å²) in [5.41, 5.74) is 10.9. The average Bonchev–Trinajstić information content (AvgIpc) is 2.19. The summed E-state index contributed by atoms with van der Waals surface area (Å²) in [5.74, 6) is -2.94. The molecule has 0 saturated carbocycles. The zero-order chi connectivity index (χ0) is 11.4. The van der Waals surface area contributed by atoms with Crippen LogP contribution < -0.4 is 11.5 Å². The molecule has 0 aliphatic carbocycles. The maximum atomic E-state index is 12.8. The summed E-state index contributed by atoms with van der Waals surface area (Å²) < 4.78 is 25.4. The minimum atomic E-state index is -0.937. The van der Waals surface area contributed by atoms with Gasteiger partial charge in [0.2, 0.25) is 5.91 Å². The quantitative estimate of drug-likeness (QED) is 0.769. The van der Waals surface area contributed by atoms with Gasteiger partial charge in [-0.1, -0.05) is 6.07 Å². The van der Waals surface area contributed by atoms with Crippen molar-refractivity contribution >= 4 is 5.91 Å². The summed E-state index contributed by atoms with van der Waals surface area (Å²) in [6.07, 6.45) is 0.225. The molecule has 5 heteroatoms. The first kappa shape index (κ1) is 11.6. The lowest BCUT2D eigenvalue weighted by Gasteiger charge is -2.10. The van der Waals surface area contributed by atoms with Crippen LogP contribution in [0.2, 0.25) is 0 Å². The van der Waals surface area contributed by atoms with E-state index in [4.69, 9.17) is 11.5 Å². The number of amides is 1. The van der Waals surface area contributed by atoms with Gasteiger partial charge in [0.25, 0.3) is 0 Å². The van der Waals surface area contributed by atoms with E-state index in [1.54, 1.807) is 0 Å². The topological polar surface area (TPSA) is 69.1 Å². The molecule has 0 fully saturated rings. The minimum absolute atomic E-state index is 0.0916. The van der Waals surface area contributed by atoms with Gasteiger partial charge in [0, 0.05) is 6.54 Å². The molecule has 0 aliphatic heterocycles. The molecule has 0 radical (unpaired) electrons. The number of halogens is 2. The molecule has 82 valence electrons. The number of nitrogens with two attached hydrogens (primary N) is 2. The van der Waals surface area contributed by atoms with E-state index < -0.39 is 23.5 Å². The predicted octanol–water partition coefficient (Wildman–Crippen LogP) is 0.567. The SMILES string of the molecule is NCC(Cc1ccc(F)c(F)c1)C(N)=O. The normalized spacial score (nSPS) is 12.5. The van der Waals surface area contributed by atoms with Crippen molar-refractivity contribution in [3.8, 4) is 0 Å². The summed E-state index contributed by atoms with van der Waals surface area (Å²) >= 11 is 0. The highest BCUT2D eigenvalue weighted by molar-refractivity contribution is 5.77. The van der Waals surface area contributed by atoms with E-state index in [2.05, 4.69) is 0 Å². The van der Waals surface area contributed by atoms with Crippen molar-refractivity contribution in [2.24, 2.45) is 17.4 Å². The molecular weight excluding hydrogens is 202 g/mol. The summed E-state index contributed by atoms with van der Waals surface area (Å²) in [5, 5.41) is 0. The van der Waals surface area contributed by atoms with E-state index >= 15 is 0 Å². The molecule has 15 heavy (non-hydrogen) atoms. The van der Waals surface area contributed by atoms with E-state index in [-0.39, 0.29) is 13.0 Å². The zero-order valence-electron chi connectivity index (χ0n) is 8.04. The van der Waals surface area contributed by atoms with Crippen molar-refractivity contribution in [2.45, 2.75) is 6.42 Å². The van der Waals surface area contributed by atoms with Gasteiger partial charge in [-0.05, 0) is 24.1 Å². The van der Waals surface area contributed by atoms with Gasteiger partial charge < -0.3 is 11.5 Å². The van der Waals surface area contributed by atoms with Crippen LogP contribution in [-0.4, -0.2) is 12.5 Å². The molecule has 1 aromatic carbocycles. The lowest BCUT2D eigenvalue weighted by atomic mass is 9.99. The Balaban J connectivity index is 2.80. The van der Waals surface area contributed by atoms with Crippen LogP contribution in [0.3, 0.4) is 0 Å². The van der Waals surface area contributed by atoms with Crippen LogP contribution in [0, 0.1) is 17.6 Å². The Morgan fingerprint density at radius 2 is 2.00 bits per heavy atom. The molecular formula is C10H12F2N2O. The second kappa shape index (κ2) is 4.84. The lowest BCUT2D eigenvalue weighted by Crippen LogP contribution is -2.31. The standard InChI is InChI=1S/C10H12F2N2O/c11-8-2-1-6(4-9(8)12)3-7(5-13)10(14)15/h1-2,4,7H,3,5,13H2,(H2,14,15). The number of hydrogen-bond donors (Lipinski definition) is 2. The Morgan fingerprint density at radius 1 is 1.33 bits per heavy atom. The Kier molecular flexibility index (Phi) is 3.74. The van der Waals surface area contributed by atoms with Crippen molar-refractivity contribution < 1.29 is 13.6 Å². The molecule has 0 aliphatic rings. The molecule has 0 heterocycles. The van der Waals surface area contributed by atoms with Crippen LogP contribution in [0.25, 0.3) is 0 Å². The molecule has 0 saturated heterocycles. The maximum absolute atomic E-state index is 12.8. The molecule has 1 rings (SSSR count). The van der Waals surface area contributed by atoms with Gasteiger partial charge in [-0.15, -0.1) is 0 Å². The molecule has 1 unspecified atom stereocenters. The van der Waals surface area contributed by atoms with E-state index in [1.807, 2.05) is 0 Å². The van der Waals surface area contributed by atoms with Gasteiger partial charge in [-0.25, -0.2) is 8.78 Å². The molecule has 1 atom stereocenters. The fraction of sp³-hybridized carbons (Fsp3) is 0.300. The van der Waals surface area contributed by atoms with Crippen LogP contribution in [0.5, 0.6) is 0 Å². The predicted molar refractivity (Wildman–Crippen MR) is 51.8 cm³/mol. The highest BCUT2D eigenvalue weighted by atomic mass is 19.2. The zero-order valence-corrected chi connectivity index (χ0v) is 8.04. The van der Waals surface area contributed by atoms with E-state index in [9.17, 15) is 13.6 Å². The highest BCUT2D eigenvalue weighted by Crippen LogP contribution is 2.12. The minimum Gasteiger partial charge on any atom is -0.369 e. The van der Waals surface area contributed by atoms with Crippen LogP contribution in [0.4, 0.5) is 8.78 Å². The number of primary amides is 1. The molecule has 4 N–H and O–H groups in total. The molecule has 0 bridgehead atoms. The van der Waals surface area contributed by atoms with Gasteiger partial charge >= 0.3 is 0 Å². The molecule has 0 aromatic heterocycles. The van der Waals surface area contributed by atoms with Gasteiger partial charge in [0.1, 0.15) is 0 Å². The largest absolute Gasteiger partial charge is 0.369 e. The molecule has 0 spiro atoms. The van der Waals surface area contributed by atoms with Crippen LogP contribution in [0.1, 0.15) is 5.56 Å². The second-order valence-electron chi connectivity index (χ2n) is 3.29. The first-order valence-electron chi connectivity index (χ1n) is 4.48. The van der Waals surface area contributed by atoms with E-state index in [0.29, 0.717) is 5.56 Å². The fourth-order valence-electron chi connectivity index (χ4n) is 1.25. The number of rotatable bonds is 4. The van der Waals surface area contributed by atoms with Crippen molar-refractivity contribution in [3.05, 3.63) is 35.4 Å². The van der Waals surface area contributed by atoms with Crippen LogP contribution >= 0.6 is 0 Å². The first-order valence-corrected chi connectivity index (χ1v) is 4.48. The Bertz CT molecular complexity index is 368. The van der Waals surface area contributed by atoms with Crippen molar-refractivity contribution in [1.82, 2.24) is 0 Å². The number of hydrogen-bond acceptors (Lipinski definition) is 2. The monoisotopic (exact) mass is 214 g/mol. The third kappa shape index (κ3) is 2.99. The maximum Gasteiger partial charge on any atom is 0.222 e. The average molecular weight is 214 g/mol. The van der Waals surface area contributed by atoms with Gasteiger partial charge in [0.05, 0.1) is 5.92 Å². The Hall–Kier alpha value is -1.49. The Labute approximate surface area is 86.1 Å². The summed E-state index contributed by atoms with van der Waals surface area (Å²) in [7, 11) is 0. The Morgan fingerprint density at radius 3 is 2.47 bits per heavy atom. The highest BCUT2D eigenvalue weighted by Gasteiger charge is 2.14.